The van der Waals surface area contributed by atoms with E-state index in [0.717, 1.165) is 57.4 Å². The van der Waals surface area contributed by atoms with Gasteiger partial charge in [0.2, 0.25) is 0 Å². The SMILES string of the molecule is O=C(NC1CCc2ccc(C(=O)N3CCC4(CC3)CCN(c3ccncc3)C4)cc21)c1sccc1Cl. The summed E-state index contributed by atoms with van der Waals surface area (Å²) in [4.78, 5) is 35.3. The van der Waals surface area contributed by atoms with Gasteiger partial charge in [-0.25, -0.2) is 0 Å². The largest absolute Gasteiger partial charge is 0.371 e. The number of rotatable bonds is 4. The van der Waals surface area contributed by atoms with E-state index in [4.69, 9.17) is 11.6 Å². The minimum absolute atomic E-state index is 0.0925. The Hall–Kier alpha value is -2.90. The smallest absolute Gasteiger partial charge is 0.263 e. The van der Waals surface area contributed by atoms with Crippen LogP contribution in [0.25, 0.3) is 0 Å². The Morgan fingerprint density at radius 1 is 1.06 bits per heavy atom. The summed E-state index contributed by atoms with van der Waals surface area (Å²) in [6, 6.07) is 11.8. The number of fused-ring (bicyclic) bond motifs is 1. The number of hydrogen-bond donors (Lipinski definition) is 1. The number of aromatic nitrogens is 1. The van der Waals surface area contributed by atoms with Crippen LogP contribution in [0.1, 0.15) is 62.9 Å². The van der Waals surface area contributed by atoms with Crippen LogP contribution in [0.5, 0.6) is 0 Å². The first-order valence-corrected chi connectivity index (χ1v) is 13.9. The number of thiophene rings is 1. The number of benzene rings is 1. The number of aryl methyl sites for hydroxylation is 1. The number of halogens is 1. The molecule has 0 radical (unpaired) electrons. The number of amides is 2. The highest BCUT2D eigenvalue weighted by molar-refractivity contribution is 7.12. The zero-order valence-corrected chi connectivity index (χ0v) is 21.7. The Morgan fingerprint density at radius 3 is 2.58 bits per heavy atom. The van der Waals surface area contributed by atoms with Crippen LogP contribution < -0.4 is 10.2 Å². The summed E-state index contributed by atoms with van der Waals surface area (Å²) >= 11 is 7.50. The van der Waals surface area contributed by atoms with Gasteiger partial charge in [-0.1, -0.05) is 17.7 Å². The molecule has 1 atom stereocenters. The summed E-state index contributed by atoms with van der Waals surface area (Å²) in [7, 11) is 0. The molecule has 8 heteroatoms. The summed E-state index contributed by atoms with van der Waals surface area (Å²) in [6.45, 7) is 3.69. The molecular weight excluding hydrogens is 492 g/mol. The molecular formula is C28H29ClN4O2S. The van der Waals surface area contributed by atoms with Crippen molar-refractivity contribution in [3.05, 3.63) is 80.8 Å². The van der Waals surface area contributed by atoms with Crippen molar-refractivity contribution in [3.63, 3.8) is 0 Å². The summed E-state index contributed by atoms with van der Waals surface area (Å²) in [6.07, 6.45) is 8.68. The minimum atomic E-state index is -0.150. The Balaban J connectivity index is 1.11. The molecule has 1 N–H and O–H groups in total. The summed E-state index contributed by atoms with van der Waals surface area (Å²) in [5.41, 5.74) is 4.50. The number of carbonyl (C=O) groups excluding carboxylic acids is 2. The molecule has 6 rings (SSSR count). The highest BCUT2D eigenvalue weighted by Crippen LogP contribution is 2.42. The van der Waals surface area contributed by atoms with Gasteiger partial charge in [-0.05, 0) is 84.4 Å². The van der Waals surface area contributed by atoms with E-state index in [9.17, 15) is 9.59 Å². The fourth-order valence-corrected chi connectivity index (χ4v) is 7.09. The maximum absolute atomic E-state index is 13.5. The molecule has 6 nitrogen and oxygen atoms in total. The molecule has 0 bridgehead atoms. The molecule has 186 valence electrons. The molecule has 2 aromatic heterocycles. The number of carbonyl (C=O) groups is 2. The quantitative estimate of drug-likeness (QED) is 0.504. The molecule has 1 unspecified atom stereocenters. The third kappa shape index (κ3) is 4.39. The van der Waals surface area contributed by atoms with Gasteiger partial charge in [0.1, 0.15) is 4.88 Å². The van der Waals surface area contributed by atoms with Gasteiger partial charge in [0.05, 0.1) is 11.1 Å². The lowest BCUT2D eigenvalue weighted by Gasteiger charge is -2.39. The third-order valence-electron chi connectivity index (χ3n) is 8.18. The molecule has 2 aliphatic heterocycles. The van der Waals surface area contributed by atoms with E-state index in [1.54, 1.807) is 6.07 Å². The summed E-state index contributed by atoms with van der Waals surface area (Å²) < 4.78 is 0. The van der Waals surface area contributed by atoms with E-state index in [1.807, 2.05) is 34.8 Å². The molecule has 2 amide bonds. The molecule has 2 saturated heterocycles. The van der Waals surface area contributed by atoms with E-state index in [0.29, 0.717) is 15.5 Å². The van der Waals surface area contributed by atoms with Crippen LogP contribution in [0.3, 0.4) is 0 Å². The number of pyridine rings is 1. The maximum Gasteiger partial charge on any atom is 0.263 e. The van der Waals surface area contributed by atoms with Crippen molar-refractivity contribution in [2.45, 2.75) is 38.1 Å². The van der Waals surface area contributed by atoms with E-state index >= 15 is 0 Å². The van der Waals surface area contributed by atoms with E-state index in [-0.39, 0.29) is 23.3 Å². The highest BCUT2D eigenvalue weighted by atomic mass is 35.5. The second-order valence-electron chi connectivity index (χ2n) is 10.2. The monoisotopic (exact) mass is 520 g/mol. The second-order valence-corrected chi connectivity index (χ2v) is 11.6. The Bertz CT molecular complexity index is 1290. The Morgan fingerprint density at radius 2 is 1.83 bits per heavy atom. The molecule has 36 heavy (non-hydrogen) atoms. The first kappa shape index (κ1) is 23.5. The zero-order chi connectivity index (χ0) is 24.7. The molecule has 1 aliphatic carbocycles. The second kappa shape index (κ2) is 9.52. The van der Waals surface area contributed by atoms with E-state index in [2.05, 4.69) is 33.4 Å². The number of nitrogens with one attached hydrogen (secondary N) is 1. The van der Waals surface area contributed by atoms with Crippen molar-refractivity contribution in [1.29, 1.82) is 0 Å². The Kier molecular flexibility index (Phi) is 6.21. The first-order valence-electron chi connectivity index (χ1n) is 12.6. The van der Waals surface area contributed by atoms with Gasteiger partial charge < -0.3 is 15.1 Å². The van der Waals surface area contributed by atoms with Gasteiger partial charge >= 0.3 is 0 Å². The lowest BCUT2D eigenvalue weighted by atomic mass is 9.77. The topological polar surface area (TPSA) is 65.5 Å². The standard InChI is InChI=1S/C28H29ClN4O2S/c29-23-7-16-36-25(23)26(34)31-24-4-3-19-1-2-20(17-22(19)24)27(35)32-13-8-28(9-14-32)10-15-33(18-28)21-5-11-30-12-6-21/h1-2,5-7,11-12,16-17,24H,3-4,8-10,13-15,18H2,(H,31,34). The van der Waals surface area contributed by atoms with Crippen molar-refractivity contribution in [2.75, 3.05) is 31.1 Å². The van der Waals surface area contributed by atoms with Crippen molar-refractivity contribution in [3.8, 4) is 0 Å². The normalized spacial score (nSPS) is 20.5. The minimum Gasteiger partial charge on any atom is -0.371 e. The summed E-state index contributed by atoms with van der Waals surface area (Å²) in [5.74, 6) is -0.0572. The van der Waals surface area contributed by atoms with Crippen LogP contribution in [-0.4, -0.2) is 47.9 Å². The van der Waals surface area contributed by atoms with Gasteiger partial charge in [0.15, 0.2) is 0 Å². The summed E-state index contributed by atoms with van der Waals surface area (Å²) in [5, 5.41) is 5.43. The van der Waals surface area contributed by atoms with Crippen molar-refractivity contribution >= 4 is 40.4 Å². The van der Waals surface area contributed by atoms with Crippen molar-refractivity contribution in [1.82, 2.24) is 15.2 Å². The van der Waals surface area contributed by atoms with Crippen LogP contribution in [0.2, 0.25) is 5.02 Å². The van der Waals surface area contributed by atoms with Crippen LogP contribution in [0, 0.1) is 5.41 Å². The fourth-order valence-electron chi connectivity index (χ4n) is 6.05. The molecule has 2 fully saturated rings. The van der Waals surface area contributed by atoms with Gasteiger partial charge in [-0.3, -0.25) is 14.6 Å². The molecule has 4 heterocycles. The maximum atomic E-state index is 13.5. The van der Waals surface area contributed by atoms with Crippen LogP contribution in [-0.2, 0) is 6.42 Å². The van der Waals surface area contributed by atoms with E-state index in [1.165, 1.54) is 29.0 Å². The molecule has 0 saturated carbocycles. The van der Waals surface area contributed by atoms with Gasteiger partial charge in [0.25, 0.3) is 11.8 Å². The number of piperidine rings is 1. The molecule has 1 spiro atoms. The van der Waals surface area contributed by atoms with E-state index < -0.39 is 0 Å². The lowest BCUT2D eigenvalue weighted by molar-refractivity contribution is 0.0610. The van der Waals surface area contributed by atoms with Crippen LogP contribution in [0.4, 0.5) is 5.69 Å². The van der Waals surface area contributed by atoms with Crippen LogP contribution in [0.15, 0.2) is 54.2 Å². The predicted octanol–water partition coefficient (Wildman–Crippen LogP) is 5.35. The Labute approximate surface area is 220 Å². The molecule has 1 aromatic carbocycles. The van der Waals surface area contributed by atoms with Gasteiger partial charge in [-0.2, -0.15) is 0 Å². The number of hydrogen-bond acceptors (Lipinski definition) is 5. The predicted molar refractivity (Wildman–Crippen MR) is 143 cm³/mol. The third-order valence-corrected chi connectivity index (χ3v) is 9.52. The van der Waals surface area contributed by atoms with Gasteiger partial charge in [-0.15, -0.1) is 11.3 Å². The van der Waals surface area contributed by atoms with Crippen molar-refractivity contribution < 1.29 is 9.59 Å². The fraction of sp³-hybridized carbons (Fsp3) is 0.393. The van der Waals surface area contributed by atoms with Gasteiger partial charge in [0, 0.05) is 49.8 Å². The number of likely N-dealkylation sites (tertiary alicyclic amines) is 1. The lowest BCUT2D eigenvalue weighted by Crippen LogP contribution is -2.44. The molecule has 3 aromatic rings. The highest BCUT2D eigenvalue weighted by Gasteiger charge is 2.41. The average molecular weight is 521 g/mol. The zero-order valence-electron chi connectivity index (χ0n) is 20.1. The molecule has 3 aliphatic rings. The van der Waals surface area contributed by atoms with Crippen LogP contribution >= 0.6 is 22.9 Å². The number of nitrogens with zero attached hydrogens (tertiary/aromatic N) is 3. The first-order chi connectivity index (χ1) is 17.5. The van der Waals surface area contributed by atoms with Crippen molar-refractivity contribution in [2.24, 2.45) is 5.41 Å². The average Bonchev–Trinajstić information content (AvgIpc) is 3.63. The number of anilines is 1.